The largest absolute Gasteiger partial charge is 0.480 e. The molecule has 2 N–H and O–H groups in total. The molecule has 0 radical (unpaired) electrons. The number of rotatable bonds is 5. The molecular weight excluding hydrogens is 444 g/mol. The standard InChI is InChI=1S/C23H18N4O7/c1-12-5-3-4-6-14(12)13(2)32-22(30)24-16-11-31-27-15(16)7-8-17-25-18-19(33-17)26-20(34-18)23(9-10-23)21(28)29/h3-6,11,13H,9-10H2,1-2H3,(H,24,30)(H,28,29). The van der Waals surface area contributed by atoms with E-state index in [1.165, 1.54) is 6.26 Å². The third-order valence-electron chi connectivity index (χ3n) is 5.55. The van der Waals surface area contributed by atoms with Gasteiger partial charge in [0.25, 0.3) is 17.3 Å². The maximum Gasteiger partial charge on any atom is 0.412 e. The third kappa shape index (κ3) is 3.86. The van der Waals surface area contributed by atoms with Crippen molar-refractivity contribution in [1.29, 1.82) is 0 Å². The number of hydrogen-bond donors (Lipinski definition) is 2. The quantitative estimate of drug-likeness (QED) is 0.417. The van der Waals surface area contributed by atoms with Gasteiger partial charge in [-0.25, -0.2) is 4.79 Å². The van der Waals surface area contributed by atoms with Crippen LogP contribution in [0.15, 0.2) is 43.9 Å². The van der Waals surface area contributed by atoms with Gasteiger partial charge in [-0.2, -0.15) is 9.97 Å². The lowest BCUT2D eigenvalue weighted by molar-refractivity contribution is -0.140. The molecular formula is C23H18N4O7. The highest BCUT2D eigenvalue weighted by Gasteiger charge is 2.56. The first-order valence-electron chi connectivity index (χ1n) is 10.4. The molecule has 1 amide bonds. The minimum atomic E-state index is -1.10. The van der Waals surface area contributed by atoms with Crippen molar-refractivity contribution >= 4 is 29.2 Å². The van der Waals surface area contributed by atoms with E-state index in [1.807, 2.05) is 31.2 Å². The van der Waals surface area contributed by atoms with Gasteiger partial charge in [-0.1, -0.05) is 29.4 Å². The van der Waals surface area contributed by atoms with Gasteiger partial charge in [0.15, 0.2) is 5.69 Å². The molecule has 1 aliphatic rings. The smallest absolute Gasteiger partial charge is 0.412 e. The first-order chi connectivity index (χ1) is 16.4. The summed E-state index contributed by atoms with van der Waals surface area (Å²) in [6.45, 7) is 3.71. The molecule has 1 aliphatic carbocycles. The first-order valence-corrected chi connectivity index (χ1v) is 10.4. The molecule has 0 bridgehead atoms. The van der Waals surface area contributed by atoms with Crippen molar-refractivity contribution < 1.29 is 32.8 Å². The number of aryl methyl sites for hydroxylation is 1. The van der Waals surface area contributed by atoms with Crippen LogP contribution in [0, 0.1) is 18.8 Å². The van der Waals surface area contributed by atoms with Gasteiger partial charge in [0, 0.05) is 5.92 Å². The SMILES string of the molecule is Cc1ccccc1C(C)OC(=O)Nc1conc1C#Cc1nc2oc(C3(C(=O)O)CC3)nc2o1. The van der Waals surface area contributed by atoms with E-state index in [4.69, 9.17) is 18.1 Å². The fourth-order valence-corrected chi connectivity index (χ4v) is 3.48. The Morgan fingerprint density at radius 2 is 1.94 bits per heavy atom. The number of oxazole rings is 2. The first kappa shape index (κ1) is 21.3. The average molecular weight is 462 g/mol. The number of aliphatic carboxylic acids is 1. The number of hydrogen-bond acceptors (Lipinski definition) is 9. The fraction of sp³-hybridized carbons (Fsp3) is 0.261. The van der Waals surface area contributed by atoms with Crippen LogP contribution in [-0.2, 0) is 14.9 Å². The molecule has 172 valence electrons. The Hall–Kier alpha value is -4.59. The Morgan fingerprint density at radius 3 is 2.65 bits per heavy atom. The van der Waals surface area contributed by atoms with Crippen LogP contribution in [0.5, 0.6) is 0 Å². The van der Waals surface area contributed by atoms with Gasteiger partial charge in [0.2, 0.25) is 5.89 Å². The summed E-state index contributed by atoms with van der Waals surface area (Å²) in [6, 6.07) is 7.61. The van der Waals surface area contributed by atoms with Crippen LogP contribution in [0.2, 0.25) is 0 Å². The van der Waals surface area contributed by atoms with Crippen LogP contribution in [-0.4, -0.2) is 32.3 Å². The minimum Gasteiger partial charge on any atom is -0.480 e. The molecule has 0 aliphatic heterocycles. The third-order valence-corrected chi connectivity index (χ3v) is 5.55. The summed E-state index contributed by atoms with van der Waals surface area (Å²) in [5.74, 6) is 4.40. The fourth-order valence-electron chi connectivity index (χ4n) is 3.48. The number of carbonyl (C=O) groups is 2. The van der Waals surface area contributed by atoms with E-state index in [0.717, 1.165) is 11.1 Å². The number of carboxylic acids is 1. The number of benzene rings is 1. The second-order valence-electron chi connectivity index (χ2n) is 7.89. The number of amides is 1. The Labute approximate surface area is 192 Å². The van der Waals surface area contributed by atoms with Crippen molar-refractivity contribution in [2.75, 3.05) is 5.32 Å². The molecule has 1 unspecified atom stereocenters. The van der Waals surface area contributed by atoms with Gasteiger partial charge in [0.1, 0.15) is 23.5 Å². The summed E-state index contributed by atoms with van der Waals surface area (Å²) < 4.78 is 21.2. The summed E-state index contributed by atoms with van der Waals surface area (Å²) in [7, 11) is 0. The predicted molar refractivity (Wildman–Crippen MR) is 115 cm³/mol. The van der Waals surface area contributed by atoms with Crippen molar-refractivity contribution in [2.24, 2.45) is 0 Å². The van der Waals surface area contributed by atoms with Gasteiger partial charge < -0.3 is 23.2 Å². The van der Waals surface area contributed by atoms with E-state index in [0.29, 0.717) is 12.8 Å². The monoisotopic (exact) mass is 462 g/mol. The maximum absolute atomic E-state index is 12.3. The zero-order valence-corrected chi connectivity index (χ0v) is 18.1. The van der Waals surface area contributed by atoms with Crippen molar-refractivity contribution in [3.63, 3.8) is 0 Å². The van der Waals surface area contributed by atoms with Gasteiger partial charge in [-0.15, -0.1) is 0 Å². The van der Waals surface area contributed by atoms with Gasteiger partial charge in [-0.3, -0.25) is 10.1 Å². The molecule has 11 nitrogen and oxygen atoms in total. The molecule has 1 aromatic carbocycles. The predicted octanol–water partition coefficient (Wildman–Crippen LogP) is 3.94. The number of anilines is 1. The Bertz CT molecular complexity index is 1430. The van der Waals surface area contributed by atoms with Gasteiger partial charge >= 0.3 is 12.1 Å². The molecule has 1 fully saturated rings. The van der Waals surface area contributed by atoms with Crippen molar-refractivity contribution in [1.82, 2.24) is 15.1 Å². The highest BCUT2D eigenvalue weighted by molar-refractivity contribution is 5.86. The lowest BCUT2D eigenvalue weighted by Gasteiger charge is -2.15. The highest BCUT2D eigenvalue weighted by atomic mass is 16.6. The minimum absolute atomic E-state index is 0.0160. The van der Waals surface area contributed by atoms with Gasteiger partial charge in [-0.05, 0) is 43.7 Å². The lowest BCUT2D eigenvalue weighted by Crippen LogP contribution is -2.19. The molecule has 3 heterocycles. The molecule has 1 atom stereocenters. The number of nitrogens with zero attached hydrogens (tertiary/aromatic N) is 3. The highest BCUT2D eigenvalue weighted by Crippen LogP contribution is 2.48. The van der Waals surface area contributed by atoms with E-state index in [-0.39, 0.29) is 34.6 Å². The van der Waals surface area contributed by atoms with Crippen LogP contribution in [0.1, 0.15) is 54.5 Å². The average Bonchev–Trinajstić information content (AvgIpc) is 3.12. The number of carbonyl (C=O) groups excluding carboxylic acids is 1. The molecule has 3 aromatic heterocycles. The lowest BCUT2D eigenvalue weighted by atomic mass is 10.1. The summed E-state index contributed by atoms with van der Waals surface area (Å²) >= 11 is 0. The van der Waals surface area contributed by atoms with Crippen LogP contribution >= 0.6 is 0 Å². The summed E-state index contributed by atoms with van der Waals surface area (Å²) in [4.78, 5) is 31.9. The van der Waals surface area contributed by atoms with Crippen LogP contribution in [0.4, 0.5) is 10.5 Å². The Balaban J connectivity index is 1.27. The van der Waals surface area contributed by atoms with Gasteiger partial charge in [0.05, 0.1) is 0 Å². The van der Waals surface area contributed by atoms with Crippen LogP contribution in [0.3, 0.4) is 0 Å². The number of nitrogens with one attached hydrogen (secondary N) is 1. The molecule has 0 saturated heterocycles. The molecule has 34 heavy (non-hydrogen) atoms. The molecule has 4 aromatic rings. The van der Waals surface area contributed by atoms with E-state index in [2.05, 4.69) is 32.3 Å². The van der Waals surface area contributed by atoms with E-state index < -0.39 is 23.6 Å². The maximum atomic E-state index is 12.3. The summed E-state index contributed by atoms with van der Waals surface area (Å²) in [5, 5.41) is 15.7. The Morgan fingerprint density at radius 1 is 1.18 bits per heavy atom. The number of aromatic nitrogens is 3. The Kier molecular flexibility index (Phi) is 5.05. The summed E-state index contributed by atoms with van der Waals surface area (Å²) in [6.07, 6.45) is 0.963. The summed E-state index contributed by atoms with van der Waals surface area (Å²) in [5.41, 5.74) is 1.26. The van der Waals surface area contributed by atoms with E-state index in [9.17, 15) is 14.7 Å². The number of fused-ring (bicyclic) bond motifs is 1. The topological polar surface area (TPSA) is 154 Å². The van der Waals surface area contributed by atoms with Crippen LogP contribution < -0.4 is 5.32 Å². The van der Waals surface area contributed by atoms with Crippen molar-refractivity contribution in [3.8, 4) is 11.8 Å². The molecule has 0 spiro atoms. The van der Waals surface area contributed by atoms with Crippen molar-refractivity contribution in [3.05, 3.63) is 59.1 Å². The molecule has 5 rings (SSSR count). The molecule has 1 saturated carbocycles. The zero-order valence-electron chi connectivity index (χ0n) is 18.1. The van der Waals surface area contributed by atoms with Crippen molar-refractivity contribution in [2.45, 2.75) is 38.2 Å². The second-order valence-corrected chi connectivity index (χ2v) is 7.89. The normalized spacial score (nSPS) is 14.8. The zero-order chi connectivity index (χ0) is 23.9. The molecule has 11 heteroatoms. The number of carboxylic acid groups (broad SMARTS) is 1. The van der Waals surface area contributed by atoms with Crippen LogP contribution in [0.25, 0.3) is 11.4 Å². The van der Waals surface area contributed by atoms with E-state index in [1.54, 1.807) is 6.92 Å². The second kappa shape index (κ2) is 8.08. The number of ether oxygens (including phenoxy) is 1. The van der Waals surface area contributed by atoms with E-state index >= 15 is 0 Å².